The number of aromatic nitrogens is 2. The lowest BCUT2D eigenvalue weighted by molar-refractivity contribution is 0.887. The monoisotopic (exact) mass is 283 g/mol. The van der Waals surface area contributed by atoms with Crippen molar-refractivity contribution in [1.82, 2.24) is 9.97 Å². The Bertz CT molecular complexity index is 595. The maximum Gasteiger partial charge on any atom is 0.271 e. The number of benzene rings is 1. The Balaban J connectivity index is 2.22. The fourth-order valence-corrected chi connectivity index (χ4v) is 1.95. The highest BCUT2D eigenvalue weighted by Gasteiger charge is 2.10. The van der Waals surface area contributed by atoms with Crippen LogP contribution in [-0.4, -0.2) is 17.0 Å². The minimum atomic E-state index is -0.343. The second kappa shape index (κ2) is 5.42. The van der Waals surface area contributed by atoms with Crippen molar-refractivity contribution in [3.8, 4) is 0 Å². The van der Waals surface area contributed by atoms with Crippen molar-refractivity contribution in [2.24, 2.45) is 0 Å². The molecule has 1 aromatic heterocycles. The molecule has 1 N–H and O–H groups in total. The van der Waals surface area contributed by atoms with E-state index in [2.05, 4.69) is 9.97 Å². The Labute approximate surface area is 114 Å². The molecule has 0 aliphatic carbocycles. The third-order valence-electron chi connectivity index (χ3n) is 2.47. The lowest BCUT2D eigenvalue weighted by Gasteiger charge is -2.18. The van der Waals surface area contributed by atoms with Crippen molar-refractivity contribution in [2.75, 3.05) is 11.9 Å². The normalized spacial score (nSPS) is 10.4. The van der Waals surface area contributed by atoms with Crippen LogP contribution in [0.15, 0.2) is 35.4 Å². The van der Waals surface area contributed by atoms with E-state index < -0.39 is 0 Å². The Kier molecular flexibility index (Phi) is 3.89. The molecular formula is C12H11Cl2N3O. The highest BCUT2D eigenvalue weighted by molar-refractivity contribution is 6.32. The standard InChI is InChI=1S/C12H11Cl2N3O/c1-17(6-8-2-4-9(13)5-3-8)11-10(14)12(18)16-7-15-11/h2-5,7H,6H2,1H3,(H,15,16,18). The Morgan fingerprint density at radius 3 is 2.61 bits per heavy atom. The van der Waals surface area contributed by atoms with Crippen LogP contribution >= 0.6 is 23.2 Å². The first-order valence-corrected chi connectivity index (χ1v) is 6.02. The van der Waals surface area contributed by atoms with E-state index >= 15 is 0 Å². The van der Waals surface area contributed by atoms with Gasteiger partial charge in [0.15, 0.2) is 5.82 Å². The topological polar surface area (TPSA) is 49.0 Å². The molecule has 1 aromatic carbocycles. The predicted octanol–water partition coefficient (Wildman–Crippen LogP) is 2.71. The predicted molar refractivity (Wildman–Crippen MR) is 73.4 cm³/mol. The smallest absolute Gasteiger partial charge is 0.271 e. The van der Waals surface area contributed by atoms with E-state index in [9.17, 15) is 4.79 Å². The molecule has 0 fully saturated rings. The first kappa shape index (κ1) is 12.9. The zero-order valence-corrected chi connectivity index (χ0v) is 11.2. The summed E-state index contributed by atoms with van der Waals surface area (Å²) in [5.41, 5.74) is 0.713. The van der Waals surface area contributed by atoms with Gasteiger partial charge < -0.3 is 9.88 Å². The van der Waals surface area contributed by atoms with E-state index in [0.29, 0.717) is 17.4 Å². The van der Waals surface area contributed by atoms with E-state index in [4.69, 9.17) is 23.2 Å². The number of hydrogen-bond donors (Lipinski definition) is 1. The number of rotatable bonds is 3. The summed E-state index contributed by atoms with van der Waals surface area (Å²) < 4.78 is 0. The third-order valence-corrected chi connectivity index (χ3v) is 3.07. The van der Waals surface area contributed by atoms with Gasteiger partial charge in [-0.2, -0.15) is 0 Å². The van der Waals surface area contributed by atoms with Crippen LogP contribution in [0.25, 0.3) is 0 Å². The van der Waals surface area contributed by atoms with Crippen LogP contribution in [0.5, 0.6) is 0 Å². The van der Waals surface area contributed by atoms with Gasteiger partial charge in [-0.05, 0) is 17.7 Å². The molecular weight excluding hydrogens is 273 g/mol. The molecule has 94 valence electrons. The fraction of sp³-hybridized carbons (Fsp3) is 0.167. The number of hydrogen-bond acceptors (Lipinski definition) is 3. The molecule has 6 heteroatoms. The van der Waals surface area contributed by atoms with E-state index in [0.717, 1.165) is 5.56 Å². The molecule has 0 amide bonds. The largest absolute Gasteiger partial charge is 0.354 e. The average Bonchev–Trinajstić information content (AvgIpc) is 2.35. The van der Waals surface area contributed by atoms with E-state index in [-0.39, 0.29) is 10.6 Å². The lowest BCUT2D eigenvalue weighted by Crippen LogP contribution is -2.21. The van der Waals surface area contributed by atoms with E-state index in [1.807, 2.05) is 31.3 Å². The lowest BCUT2D eigenvalue weighted by atomic mass is 10.2. The highest BCUT2D eigenvalue weighted by Crippen LogP contribution is 2.19. The molecule has 0 aliphatic heterocycles. The van der Waals surface area contributed by atoms with Gasteiger partial charge in [0, 0.05) is 18.6 Å². The molecule has 18 heavy (non-hydrogen) atoms. The Hall–Kier alpha value is -1.52. The quantitative estimate of drug-likeness (QED) is 0.942. The summed E-state index contributed by atoms with van der Waals surface area (Å²) in [6, 6.07) is 7.47. The van der Waals surface area contributed by atoms with Gasteiger partial charge in [-0.25, -0.2) is 4.98 Å². The molecule has 0 saturated heterocycles. The summed E-state index contributed by atoms with van der Waals surface area (Å²) in [5.74, 6) is 0.454. The second-order valence-electron chi connectivity index (χ2n) is 3.85. The molecule has 4 nitrogen and oxygen atoms in total. The van der Waals surface area contributed by atoms with Crippen LogP contribution in [-0.2, 0) is 6.54 Å². The third kappa shape index (κ3) is 2.83. The van der Waals surface area contributed by atoms with Crippen LogP contribution in [0.3, 0.4) is 0 Å². The maximum atomic E-state index is 11.4. The van der Waals surface area contributed by atoms with Crippen molar-refractivity contribution in [1.29, 1.82) is 0 Å². The molecule has 0 aliphatic rings. The summed E-state index contributed by atoms with van der Waals surface area (Å²) in [4.78, 5) is 19.7. The Morgan fingerprint density at radius 1 is 1.28 bits per heavy atom. The molecule has 1 heterocycles. The molecule has 0 spiro atoms. The van der Waals surface area contributed by atoms with Crippen LogP contribution in [0.4, 0.5) is 5.82 Å². The van der Waals surface area contributed by atoms with Gasteiger partial charge in [0.1, 0.15) is 5.02 Å². The molecule has 0 atom stereocenters. The van der Waals surface area contributed by atoms with Crippen LogP contribution in [0, 0.1) is 0 Å². The Morgan fingerprint density at radius 2 is 1.94 bits per heavy atom. The molecule has 2 aromatic rings. The summed E-state index contributed by atoms with van der Waals surface area (Å²) in [5, 5.41) is 0.780. The summed E-state index contributed by atoms with van der Waals surface area (Å²) in [6.07, 6.45) is 1.34. The van der Waals surface area contributed by atoms with Crippen molar-refractivity contribution in [3.05, 3.63) is 56.6 Å². The van der Waals surface area contributed by atoms with Crippen LogP contribution in [0.2, 0.25) is 10.0 Å². The maximum absolute atomic E-state index is 11.4. The van der Waals surface area contributed by atoms with Gasteiger partial charge in [-0.1, -0.05) is 35.3 Å². The first-order chi connectivity index (χ1) is 8.58. The second-order valence-corrected chi connectivity index (χ2v) is 4.67. The number of aromatic amines is 1. The number of anilines is 1. The van der Waals surface area contributed by atoms with E-state index in [1.165, 1.54) is 6.33 Å². The van der Waals surface area contributed by atoms with Crippen molar-refractivity contribution >= 4 is 29.0 Å². The average molecular weight is 284 g/mol. The first-order valence-electron chi connectivity index (χ1n) is 5.26. The van der Waals surface area contributed by atoms with Crippen molar-refractivity contribution < 1.29 is 0 Å². The van der Waals surface area contributed by atoms with Gasteiger partial charge in [0.05, 0.1) is 6.33 Å². The highest BCUT2D eigenvalue weighted by atomic mass is 35.5. The van der Waals surface area contributed by atoms with Crippen molar-refractivity contribution in [2.45, 2.75) is 6.54 Å². The molecule has 0 bridgehead atoms. The van der Waals surface area contributed by atoms with Crippen molar-refractivity contribution in [3.63, 3.8) is 0 Å². The minimum Gasteiger partial charge on any atom is -0.354 e. The van der Waals surface area contributed by atoms with Gasteiger partial charge in [-0.15, -0.1) is 0 Å². The van der Waals surface area contributed by atoms with Gasteiger partial charge in [0.25, 0.3) is 5.56 Å². The van der Waals surface area contributed by atoms with Gasteiger partial charge in [0.2, 0.25) is 0 Å². The van der Waals surface area contributed by atoms with Gasteiger partial charge >= 0.3 is 0 Å². The SMILES string of the molecule is CN(Cc1ccc(Cl)cc1)c1nc[nH]c(=O)c1Cl. The summed E-state index contributed by atoms with van der Waals surface area (Å²) >= 11 is 11.7. The van der Waals surface area contributed by atoms with Crippen LogP contribution < -0.4 is 10.5 Å². The number of halogens is 2. The van der Waals surface area contributed by atoms with Crippen LogP contribution in [0.1, 0.15) is 5.56 Å². The van der Waals surface area contributed by atoms with E-state index in [1.54, 1.807) is 4.90 Å². The van der Waals surface area contributed by atoms with Gasteiger partial charge in [-0.3, -0.25) is 4.79 Å². The molecule has 0 unspecified atom stereocenters. The zero-order valence-electron chi connectivity index (χ0n) is 9.65. The number of H-pyrrole nitrogens is 1. The summed E-state index contributed by atoms with van der Waals surface area (Å²) in [6.45, 7) is 0.591. The molecule has 2 rings (SSSR count). The summed E-state index contributed by atoms with van der Waals surface area (Å²) in [7, 11) is 1.82. The molecule has 0 radical (unpaired) electrons. The number of nitrogens with one attached hydrogen (secondary N) is 1. The zero-order chi connectivity index (χ0) is 13.1. The minimum absolute atomic E-state index is 0.0916. The number of nitrogens with zero attached hydrogens (tertiary/aromatic N) is 2. The molecule has 0 saturated carbocycles. The fourth-order valence-electron chi connectivity index (χ4n) is 1.58.